The van der Waals surface area contributed by atoms with Gasteiger partial charge in [-0.2, -0.15) is 0 Å². The standard InChI is InChI=1S/C17H20N4/c1-21(2)17(16-19-12-13-20-16,14-8-4-3-5-9-14)15-10-6-7-11-18-15/h3-11H,12-13H2,1-2H3,(H,19,20). The van der Waals surface area contributed by atoms with Gasteiger partial charge in [-0.15, -0.1) is 0 Å². The van der Waals surface area contributed by atoms with Gasteiger partial charge in [0, 0.05) is 12.7 Å². The Kier molecular flexibility index (Phi) is 3.71. The number of amidine groups is 1. The number of aromatic nitrogens is 1. The van der Waals surface area contributed by atoms with Gasteiger partial charge < -0.3 is 5.32 Å². The number of benzene rings is 1. The van der Waals surface area contributed by atoms with Crippen LogP contribution in [0.3, 0.4) is 0 Å². The highest BCUT2D eigenvalue weighted by Crippen LogP contribution is 2.34. The quantitative estimate of drug-likeness (QED) is 0.930. The normalized spacial score (nSPS) is 17.2. The maximum absolute atomic E-state index is 4.71. The molecule has 21 heavy (non-hydrogen) atoms. The van der Waals surface area contributed by atoms with Crippen molar-refractivity contribution >= 4 is 5.84 Å². The van der Waals surface area contributed by atoms with Gasteiger partial charge in [0.15, 0.2) is 0 Å². The lowest BCUT2D eigenvalue weighted by Crippen LogP contribution is -2.53. The largest absolute Gasteiger partial charge is 0.370 e. The average Bonchev–Trinajstić information content (AvgIpc) is 3.04. The highest BCUT2D eigenvalue weighted by molar-refractivity contribution is 5.96. The minimum Gasteiger partial charge on any atom is -0.370 e. The molecular weight excluding hydrogens is 260 g/mol. The van der Waals surface area contributed by atoms with E-state index in [1.54, 1.807) is 0 Å². The minimum atomic E-state index is -0.473. The number of hydrogen-bond acceptors (Lipinski definition) is 4. The zero-order valence-electron chi connectivity index (χ0n) is 12.5. The number of nitrogens with zero attached hydrogens (tertiary/aromatic N) is 3. The Bertz CT molecular complexity index is 580. The van der Waals surface area contributed by atoms with Crippen molar-refractivity contribution < 1.29 is 0 Å². The lowest BCUT2D eigenvalue weighted by molar-refractivity contribution is 0.269. The summed E-state index contributed by atoms with van der Waals surface area (Å²) in [5.41, 5.74) is 1.68. The van der Waals surface area contributed by atoms with Gasteiger partial charge in [0.1, 0.15) is 11.4 Å². The van der Waals surface area contributed by atoms with Gasteiger partial charge in [-0.05, 0) is 31.8 Å². The van der Waals surface area contributed by atoms with E-state index in [1.165, 1.54) is 5.56 Å². The average molecular weight is 280 g/mol. The van der Waals surface area contributed by atoms with Crippen LogP contribution in [0.5, 0.6) is 0 Å². The number of rotatable bonds is 4. The Balaban J connectivity index is 2.27. The molecule has 0 bridgehead atoms. The molecule has 4 heteroatoms. The van der Waals surface area contributed by atoms with E-state index in [1.807, 2.05) is 24.4 Å². The van der Waals surface area contributed by atoms with E-state index in [4.69, 9.17) is 4.99 Å². The number of pyridine rings is 1. The highest BCUT2D eigenvalue weighted by Gasteiger charge is 2.44. The molecule has 0 aliphatic carbocycles. The van der Waals surface area contributed by atoms with Crippen LogP contribution in [-0.4, -0.2) is 42.9 Å². The molecular formula is C17H20N4. The fourth-order valence-electron chi connectivity index (χ4n) is 3.00. The van der Waals surface area contributed by atoms with Gasteiger partial charge >= 0.3 is 0 Å². The first-order valence-corrected chi connectivity index (χ1v) is 7.19. The van der Waals surface area contributed by atoms with Crippen LogP contribution in [0.2, 0.25) is 0 Å². The summed E-state index contributed by atoms with van der Waals surface area (Å²) in [6.07, 6.45) is 1.84. The summed E-state index contributed by atoms with van der Waals surface area (Å²) in [6.45, 7) is 1.69. The number of aliphatic imine (C=N–C) groups is 1. The second-order valence-corrected chi connectivity index (χ2v) is 5.34. The van der Waals surface area contributed by atoms with E-state index in [0.29, 0.717) is 0 Å². The van der Waals surface area contributed by atoms with Crippen LogP contribution in [-0.2, 0) is 5.54 Å². The summed E-state index contributed by atoms with van der Waals surface area (Å²) in [7, 11) is 4.15. The fraction of sp³-hybridized carbons (Fsp3) is 0.294. The fourth-order valence-corrected chi connectivity index (χ4v) is 3.00. The van der Waals surface area contributed by atoms with Gasteiger partial charge in [0.2, 0.25) is 0 Å². The van der Waals surface area contributed by atoms with Crippen molar-refractivity contribution in [2.24, 2.45) is 4.99 Å². The summed E-state index contributed by atoms with van der Waals surface area (Å²) in [5, 5.41) is 3.44. The lowest BCUT2D eigenvalue weighted by Gasteiger charge is -2.40. The van der Waals surface area contributed by atoms with E-state index >= 15 is 0 Å². The Morgan fingerprint density at radius 3 is 2.38 bits per heavy atom. The first-order chi connectivity index (χ1) is 10.3. The molecule has 3 rings (SSSR count). The van der Waals surface area contributed by atoms with Gasteiger partial charge in [0.05, 0.1) is 12.2 Å². The van der Waals surface area contributed by atoms with E-state index in [-0.39, 0.29) is 0 Å². The maximum Gasteiger partial charge on any atom is 0.146 e. The molecule has 0 saturated carbocycles. The van der Waals surface area contributed by atoms with Crippen molar-refractivity contribution in [3.05, 3.63) is 66.0 Å². The number of nitrogens with one attached hydrogen (secondary N) is 1. The summed E-state index contributed by atoms with van der Waals surface area (Å²) >= 11 is 0. The third kappa shape index (κ3) is 2.21. The molecule has 0 radical (unpaired) electrons. The molecule has 1 aromatic heterocycles. The topological polar surface area (TPSA) is 40.5 Å². The molecule has 1 aromatic carbocycles. The monoisotopic (exact) mass is 280 g/mol. The highest BCUT2D eigenvalue weighted by atomic mass is 15.2. The van der Waals surface area contributed by atoms with Crippen LogP contribution in [0.15, 0.2) is 59.7 Å². The Morgan fingerprint density at radius 1 is 1.05 bits per heavy atom. The predicted octanol–water partition coefficient (Wildman–Crippen LogP) is 1.89. The Morgan fingerprint density at radius 2 is 1.81 bits per heavy atom. The molecule has 1 unspecified atom stereocenters. The van der Waals surface area contributed by atoms with Crippen LogP contribution in [0.25, 0.3) is 0 Å². The van der Waals surface area contributed by atoms with Crippen molar-refractivity contribution in [1.29, 1.82) is 0 Å². The second-order valence-electron chi connectivity index (χ2n) is 5.34. The molecule has 4 nitrogen and oxygen atoms in total. The minimum absolute atomic E-state index is 0.473. The molecule has 0 saturated heterocycles. The molecule has 2 aromatic rings. The van der Waals surface area contributed by atoms with Crippen molar-refractivity contribution in [3.8, 4) is 0 Å². The zero-order valence-corrected chi connectivity index (χ0v) is 12.5. The number of likely N-dealkylation sites (N-methyl/N-ethyl adjacent to an activating group) is 1. The van der Waals surface area contributed by atoms with Gasteiger partial charge in [0.25, 0.3) is 0 Å². The van der Waals surface area contributed by atoms with Gasteiger partial charge in [-0.25, -0.2) is 0 Å². The molecule has 0 amide bonds. The summed E-state index contributed by atoms with van der Waals surface area (Å²) in [4.78, 5) is 11.5. The summed E-state index contributed by atoms with van der Waals surface area (Å²) in [6, 6.07) is 16.5. The smallest absolute Gasteiger partial charge is 0.146 e. The molecule has 0 spiro atoms. The third-order valence-electron chi connectivity index (χ3n) is 3.91. The van der Waals surface area contributed by atoms with E-state index in [2.05, 4.69) is 59.6 Å². The zero-order chi connectivity index (χ0) is 14.7. The van der Waals surface area contributed by atoms with Crippen molar-refractivity contribution in [3.63, 3.8) is 0 Å². The van der Waals surface area contributed by atoms with E-state index in [9.17, 15) is 0 Å². The summed E-state index contributed by atoms with van der Waals surface area (Å²) in [5.74, 6) is 0.970. The van der Waals surface area contributed by atoms with Crippen LogP contribution < -0.4 is 5.32 Å². The van der Waals surface area contributed by atoms with Crippen molar-refractivity contribution in [2.45, 2.75) is 5.54 Å². The van der Waals surface area contributed by atoms with Crippen molar-refractivity contribution in [1.82, 2.24) is 15.2 Å². The van der Waals surface area contributed by atoms with Crippen LogP contribution >= 0.6 is 0 Å². The van der Waals surface area contributed by atoms with Crippen LogP contribution in [0.1, 0.15) is 11.3 Å². The molecule has 1 N–H and O–H groups in total. The molecule has 2 heterocycles. The molecule has 0 fully saturated rings. The van der Waals surface area contributed by atoms with Crippen LogP contribution in [0.4, 0.5) is 0 Å². The maximum atomic E-state index is 4.71. The molecule has 108 valence electrons. The Hall–Kier alpha value is -2.20. The lowest BCUT2D eigenvalue weighted by atomic mass is 9.83. The first-order valence-electron chi connectivity index (χ1n) is 7.19. The van der Waals surface area contributed by atoms with E-state index in [0.717, 1.165) is 24.6 Å². The van der Waals surface area contributed by atoms with Gasteiger partial charge in [-0.3, -0.25) is 14.9 Å². The second kappa shape index (κ2) is 5.66. The third-order valence-corrected chi connectivity index (χ3v) is 3.91. The predicted molar refractivity (Wildman–Crippen MR) is 85.5 cm³/mol. The SMILES string of the molecule is CN(C)C(C1=NCCN1)(c1ccccc1)c1ccccn1. The van der Waals surface area contributed by atoms with Crippen molar-refractivity contribution in [2.75, 3.05) is 27.2 Å². The van der Waals surface area contributed by atoms with Gasteiger partial charge in [-0.1, -0.05) is 36.4 Å². The molecule has 1 aliphatic heterocycles. The molecule has 1 atom stereocenters. The number of hydrogen-bond donors (Lipinski definition) is 1. The summed E-state index contributed by atoms with van der Waals surface area (Å²) < 4.78 is 0. The van der Waals surface area contributed by atoms with E-state index < -0.39 is 5.54 Å². The molecule has 1 aliphatic rings. The van der Waals surface area contributed by atoms with Crippen LogP contribution in [0, 0.1) is 0 Å². The first kappa shape index (κ1) is 13.8. The Labute approximate surface area is 125 Å².